The molecule has 51 heavy (non-hydrogen) atoms. The lowest BCUT2D eigenvalue weighted by Gasteiger charge is -2.48. The molecule has 0 bridgehead atoms. The highest BCUT2D eigenvalue weighted by atomic mass is 16.6. The maximum atomic E-state index is 11.5. The molecule has 2 aromatic carbocycles. The fourth-order valence-electron chi connectivity index (χ4n) is 9.67. The van der Waals surface area contributed by atoms with Crippen LogP contribution in [-0.2, 0) is 9.68 Å². The summed E-state index contributed by atoms with van der Waals surface area (Å²) in [4.78, 5) is 15.1. The number of rotatable bonds is 13. The first kappa shape index (κ1) is 39.4. The molecule has 6 rings (SSSR count). The molecule has 0 spiro atoms. The van der Waals surface area contributed by atoms with E-state index >= 15 is 0 Å². The number of aliphatic hydroxyl groups is 2. The van der Waals surface area contributed by atoms with Gasteiger partial charge in [0.1, 0.15) is 13.2 Å². The second kappa shape index (κ2) is 17.4. The van der Waals surface area contributed by atoms with Gasteiger partial charge in [0.25, 0.3) is 0 Å². The summed E-state index contributed by atoms with van der Waals surface area (Å²) in [6, 6.07) is 21.3. The van der Waals surface area contributed by atoms with E-state index in [9.17, 15) is 10.2 Å². The van der Waals surface area contributed by atoms with E-state index in [4.69, 9.17) is 9.68 Å². The van der Waals surface area contributed by atoms with Gasteiger partial charge in [0.05, 0.1) is 11.2 Å². The molecule has 4 aliphatic rings. The Morgan fingerprint density at radius 3 is 1.49 bits per heavy atom. The van der Waals surface area contributed by atoms with Gasteiger partial charge in [-0.25, -0.2) is 0 Å². The van der Waals surface area contributed by atoms with E-state index in [0.717, 1.165) is 83.7 Å². The average molecular weight is 703 g/mol. The van der Waals surface area contributed by atoms with Gasteiger partial charge in [0.2, 0.25) is 0 Å². The molecule has 0 saturated heterocycles. The topological polar surface area (TPSA) is 90.1 Å². The van der Waals surface area contributed by atoms with Crippen molar-refractivity contribution in [2.75, 3.05) is 54.5 Å². The first-order valence-corrected chi connectivity index (χ1v) is 19.5. The minimum Gasteiger partial charge on any atom is -0.396 e. The van der Waals surface area contributed by atoms with E-state index in [2.05, 4.69) is 109 Å². The van der Waals surface area contributed by atoms with Gasteiger partial charge in [-0.3, -0.25) is 0 Å². The molecule has 4 saturated carbocycles. The van der Waals surface area contributed by atoms with Gasteiger partial charge >= 0.3 is 0 Å². The summed E-state index contributed by atoms with van der Waals surface area (Å²) < 4.78 is 0. The highest BCUT2D eigenvalue weighted by Crippen LogP contribution is 2.61. The van der Waals surface area contributed by atoms with Crippen molar-refractivity contribution in [2.24, 2.45) is 33.0 Å². The molecule has 0 aromatic heterocycles. The Kier molecular flexibility index (Phi) is 13.4. The third-order valence-electron chi connectivity index (χ3n) is 13.3. The average Bonchev–Trinajstić information content (AvgIpc) is 3.54. The molecule has 0 amide bonds. The molecule has 0 aliphatic heterocycles. The smallest absolute Gasteiger partial charge is 0.129 e. The van der Waals surface area contributed by atoms with E-state index < -0.39 is 11.2 Å². The van der Waals surface area contributed by atoms with Crippen LogP contribution in [0.25, 0.3) is 0 Å². The van der Waals surface area contributed by atoms with Crippen LogP contribution in [0.1, 0.15) is 107 Å². The largest absolute Gasteiger partial charge is 0.396 e. The Morgan fingerprint density at radius 1 is 0.627 bits per heavy atom. The minimum absolute atomic E-state index is 0.0885. The maximum Gasteiger partial charge on any atom is 0.129 e. The van der Waals surface area contributed by atoms with Gasteiger partial charge in [0, 0.05) is 48.2 Å². The van der Waals surface area contributed by atoms with Gasteiger partial charge in [0.15, 0.2) is 0 Å². The van der Waals surface area contributed by atoms with Crippen molar-refractivity contribution in [1.82, 2.24) is 9.80 Å². The van der Waals surface area contributed by atoms with Crippen molar-refractivity contribution in [1.29, 1.82) is 0 Å². The maximum absolute atomic E-state index is 11.5. The van der Waals surface area contributed by atoms with Crippen LogP contribution in [0.5, 0.6) is 0 Å². The van der Waals surface area contributed by atoms with Crippen molar-refractivity contribution >= 4 is 12.4 Å². The second-order valence-corrected chi connectivity index (χ2v) is 17.0. The van der Waals surface area contributed by atoms with Crippen molar-refractivity contribution in [2.45, 2.75) is 108 Å². The van der Waals surface area contributed by atoms with Gasteiger partial charge in [-0.15, -0.1) is 0 Å². The lowest BCUT2D eigenvalue weighted by atomic mass is 9.59. The molecule has 2 N–H and O–H groups in total. The molecule has 8 heteroatoms. The zero-order chi connectivity index (χ0) is 36.5. The normalized spacial score (nSPS) is 34.8. The van der Waals surface area contributed by atoms with Gasteiger partial charge in [-0.05, 0) is 122 Å². The van der Waals surface area contributed by atoms with Crippen molar-refractivity contribution in [3.8, 4) is 0 Å². The molecule has 0 heterocycles. The predicted molar refractivity (Wildman–Crippen MR) is 208 cm³/mol. The van der Waals surface area contributed by atoms with Crippen molar-refractivity contribution in [3.05, 3.63) is 71.8 Å². The van der Waals surface area contributed by atoms with E-state index in [1.54, 1.807) is 0 Å². The Labute approximate surface area is 308 Å². The van der Waals surface area contributed by atoms with E-state index in [1.165, 1.54) is 11.1 Å². The number of benzene rings is 2. The third kappa shape index (κ3) is 9.24. The molecule has 4 fully saturated rings. The third-order valence-corrected chi connectivity index (χ3v) is 13.3. The lowest BCUT2D eigenvalue weighted by molar-refractivity contribution is -0.0960. The first-order chi connectivity index (χ1) is 24.4. The van der Waals surface area contributed by atoms with E-state index in [0.29, 0.717) is 36.9 Å². The first-order valence-electron chi connectivity index (χ1n) is 19.5. The Balaban J connectivity index is 0.000000198. The molecule has 2 aromatic rings. The standard InChI is InChI=1S/C22H34N2O2.C21H32N2O2/c1-21-12-10-19(18-8-5-4-6-9-18)16-22(21,25)13-11-20(21)17-23-26-15-7-14-24(2)3;1-20-11-9-18(17-7-5-4-6-8-17)15-21(20,24)12-10-19(20)16-22-25-14-13-23(2)3/h4-6,8-9,17,19-20,25H,7,10-16H2,1-3H3;4-8,16,18-19,24H,9-15H2,1-3H3/b23-17+;22-16+/t19-,20+,21+,22-;18-,19+,20+,21-/m00/s1. The van der Waals surface area contributed by atoms with Gasteiger partial charge < -0.3 is 29.7 Å². The molecule has 0 unspecified atom stereocenters. The second-order valence-electron chi connectivity index (χ2n) is 17.0. The summed E-state index contributed by atoms with van der Waals surface area (Å²) in [7, 11) is 8.18. The molecular formula is C43H66N4O4. The fraction of sp³-hybridized carbons (Fsp3) is 0.674. The lowest BCUT2D eigenvalue weighted by Crippen LogP contribution is -2.49. The van der Waals surface area contributed by atoms with Crippen molar-refractivity contribution in [3.63, 3.8) is 0 Å². The van der Waals surface area contributed by atoms with Gasteiger partial charge in [-0.2, -0.15) is 0 Å². The summed E-state index contributed by atoms with van der Waals surface area (Å²) in [6.45, 7) is 7.63. The molecule has 0 radical (unpaired) electrons. The van der Waals surface area contributed by atoms with Crippen LogP contribution >= 0.6 is 0 Å². The van der Waals surface area contributed by atoms with Crippen LogP contribution in [0.2, 0.25) is 0 Å². The van der Waals surface area contributed by atoms with Crippen molar-refractivity contribution < 1.29 is 19.9 Å². The van der Waals surface area contributed by atoms with E-state index in [1.807, 2.05) is 26.5 Å². The van der Waals surface area contributed by atoms with Crippen LogP contribution in [0.3, 0.4) is 0 Å². The molecule has 282 valence electrons. The number of fused-ring (bicyclic) bond motifs is 2. The Morgan fingerprint density at radius 2 is 1.06 bits per heavy atom. The summed E-state index contributed by atoms with van der Waals surface area (Å²) in [5, 5.41) is 31.4. The summed E-state index contributed by atoms with van der Waals surface area (Å²) in [5.74, 6) is 1.53. The number of oxime groups is 2. The van der Waals surface area contributed by atoms with Gasteiger partial charge in [-0.1, -0.05) is 84.8 Å². The number of hydrogen-bond acceptors (Lipinski definition) is 8. The van der Waals surface area contributed by atoms with Crippen LogP contribution in [0.4, 0.5) is 0 Å². The highest BCUT2D eigenvalue weighted by Gasteiger charge is 2.59. The molecular weight excluding hydrogens is 636 g/mol. The summed E-state index contributed by atoms with van der Waals surface area (Å²) >= 11 is 0. The molecule has 4 aliphatic carbocycles. The highest BCUT2D eigenvalue weighted by molar-refractivity contribution is 5.63. The molecule has 8 atom stereocenters. The zero-order valence-corrected chi connectivity index (χ0v) is 32.3. The fourth-order valence-corrected chi connectivity index (χ4v) is 9.67. The van der Waals surface area contributed by atoms with E-state index in [-0.39, 0.29) is 10.8 Å². The minimum atomic E-state index is -0.591. The number of nitrogens with zero attached hydrogens (tertiary/aromatic N) is 4. The zero-order valence-electron chi connectivity index (χ0n) is 32.3. The van der Waals surface area contributed by atoms with Crippen LogP contribution < -0.4 is 0 Å². The predicted octanol–water partition coefficient (Wildman–Crippen LogP) is 7.72. The van der Waals surface area contributed by atoms with Crippen LogP contribution in [0.15, 0.2) is 71.0 Å². The quantitative estimate of drug-likeness (QED) is 0.126. The molecule has 8 nitrogen and oxygen atoms in total. The number of hydrogen-bond donors (Lipinski definition) is 2. The monoisotopic (exact) mass is 703 g/mol. The summed E-state index contributed by atoms with van der Waals surface area (Å²) in [6.07, 6.45) is 14.7. The van der Waals surface area contributed by atoms with Crippen LogP contribution in [0, 0.1) is 22.7 Å². The SMILES string of the molecule is CN(C)CCCO/N=C/[C@H]1CC[C@]2(O)C[C@@H](c3ccccc3)CC[C@]12C.CN(C)CCO/N=C/[C@H]1CC[C@]2(O)C[C@@H](c3ccccc3)CC[C@]12C. The summed E-state index contributed by atoms with van der Waals surface area (Å²) in [5.41, 5.74) is 1.37. The Hall–Kier alpha value is -2.78. The Bertz CT molecular complexity index is 1410. The van der Waals surface area contributed by atoms with Crippen LogP contribution in [-0.4, -0.2) is 98.1 Å². The number of likely N-dealkylation sites (N-methyl/N-ethyl adjacent to an activating group) is 1.